The van der Waals surface area contributed by atoms with Gasteiger partial charge in [0.15, 0.2) is 0 Å². The molecule has 1 heterocycles. The first-order valence-electron chi connectivity index (χ1n) is 8.71. The number of hydrogen-bond donors (Lipinski definition) is 2. The highest BCUT2D eigenvalue weighted by molar-refractivity contribution is 6.32. The molecule has 0 radical (unpaired) electrons. The predicted molar refractivity (Wildman–Crippen MR) is 111 cm³/mol. The minimum absolute atomic E-state index is 0. The number of aryl methyl sites for hydroxylation is 2. The zero-order valence-corrected chi connectivity index (χ0v) is 16.4. The largest absolute Gasteiger partial charge is 0.478 e. The van der Waals surface area contributed by atoms with E-state index in [-0.39, 0.29) is 24.0 Å². The number of rotatable bonds is 3. The van der Waals surface area contributed by atoms with E-state index >= 15 is 0 Å². The Balaban J connectivity index is 0.00000210. The lowest BCUT2D eigenvalue weighted by atomic mass is 9.87. The summed E-state index contributed by atoms with van der Waals surface area (Å²) in [5.74, 6) is -0.987. The molecule has 0 saturated heterocycles. The molecule has 27 heavy (non-hydrogen) atoms. The van der Waals surface area contributed by atoms with Gasteiger partial charge in [0.2, 0.25) is 0 Å². The second-order valence-electron chi connectivity index (χ2n) is 6.71. The van der Waals surface area contributed by atoms with E-state index in [1.807, 2.05) is 19.1 Å². The van der Waals surface area contributed by atoms with Gasteiger partial charge in [-0.3, -0.25) is 4.98 Å². The quantitative estimate of drug-likeness (QED) is 0.580. The number of pyridine rings is 1. The average Bonchev–Trinajstić information content (AvgIpc) is 2.65. The standard InChI is InChI=1S/C21H19ClN2O2.ClH/c1-12-17(22)10-9-15-19(12)23-11-16(21(25)26)20(15)24-18-8-4-6-13-5-2-3-7-14(13)18;/h2-3,5,7,9-11,18H,4,6,8H2,1H3,(H,23,24)(H,25,26);1H. The third-order valence-corrected chi connectivity index (χ3v) is 5.55. The first kappa shape index (κ1) is 19.5. The zero-order valence-electron chi connectivity index (χ0n) is 14.8. The van der Waals surface area contributed by atoms with Crippen molar-refractivity contribution in [3.63, 3.8) is 0 Å². The molecule has 6 heteroatoms. The molecule has 1 aliphatic rings. The maximum absolute atomic E-state index is 11.8. The van der Waals surface area contributed by atoms with Crippen LogP contribution in [-0.2, 0) is 6.42 Å². The number of aromatic nitrogens is 1. The molecule has 1 atom stereocenters. The maximum Gasteiger partial charge on any atom is 0.339 e. The van der Waals surface area contributed by atoms with E-state index in [9.17, 15) is 9.90 Å². The number of anilines is 1. The van der Waals surface area contributed by atoms with E-state index in [4.69, 9.17) is 11.6 Å². The number of fused-ring (bicyclic) bond motifs is 2. The van der Waals surface area contributed by atoms with Gasteiger partial charge in [0.05, 0.1) is 17.2 Å². The normalized spacial score (nSPS) is 15.7. The van der Waals surface area contributed by atoms with E-state index in [2.05, 4.69) is 28.5 Å². The Morgan fingerprint density at radius 2 is 2.04 bits per heavy atom. The van der Waals surface area contributed by atoms with Crippen molar-refractivity contribution in [2.75, 3.05) is 5.32 Å². The van der Waals surface area contributed by atoms with Crippen LogP contribution in [0.3, 0.4) is 0 Å². The first-order valence-corrected chi connectivity index (χ1v) is 9.09. The molecular weight excluding hydrogens is 383 g/mol. The van der Waals surface area contributed by atoms with Crippen molar-refractivity contribution in [3.05, 3.63) is 69.9 Å². The summed E-state index contributed by atoms with van der Waals surface area (Å²) in [6.07, 6.45) is 4.52. The zero-order chi connectivity index (χ0) is 18.3. The molecule has 0 amide bonds. The Hall–Kier alpha value is -2.30. The Morgan fingerprint density at radius 3 is 2.81 bits per heavy atom. The van der Waals surface area contributed by atoms with Crippen LogP contribution in [0.25, 0.3) is 10.9 Å². The van der Waals surface area contributed by atoms with Gasteiger partial charge in [-0.25, -0.2) is 4.79 Å². The highest BCUT2D eigenvalue weighted by Crippen LogP contribution is 2.37. The molecule has 140 valence electrons. The smallest absolute Gasteiger partial charge is 0.339 e. The molecule has 0 fully saturated rings. The predicted octanol–water partition coefficient (Wildman–Crippen LogP) is 5.81. The fourth-order valence-corrected chi connectivity index (χ4v) is 3.93. The molecule has 1 unspecified atom stereocenters. The Morgan fingerprint density at radius 1 is 1.26 bits per heavy atom. The van der Waals surface area contributed by atoms with Gasteiger partial charge >= 0.3 is 5.97 Å². The summed E-state index contributed by atoms with van der Waals surface area (Å²) in [6.45, 7) is 1.90. The van der Waals surface area contributed by atoms with Crippen molar-refractivity contribution in [3.8, 4) is 0 Å². The van der Waals surface area contributed by atoms with Crippen molar-refractivity contribution in [2.24, 2.45) is 0 Å². The summed E-state index contributed by atoms with van der Waals surface area (Å²) in [4.78, 5) is 16.2. The minimum Gasteiger partial charge on any atom is -0.478 e. The van der Waals surface area contributed by atoms with Gasteiger partial charge in [-0.1, -0.05) is 35.9 Å². The van der Waals surface area contributed by atoms with Gasteiger partial charge in [0, 0.05) is 16.6 Å². The lowest BCUT2D eigenvalue weighted by molar-refractivity contribution is 0.0697. The van der Waals surface area contributed by atoms with E-state index in [0.717, 1.165) is 35.7 Å². The highest BCUT2D eigenvalue weighted by Gasteiger charge is 2.23. The SMILES string of the molecule is Cc1c(Cl)ccc2c(NC3CCCc4ccccc43)c(C(=O)O)cnc12.Cl. The van der Waals surface area contributed by atoms with Crippen molar-refractivity contribution in [1.82, 2.24) is 4.98 Å². The summed E-state index contributed by atoms with van der Waals surface area (Å²) in [7, 11) is 0. The third-order valence-electron chi connectivity index (χ3n) is 5.14. The van der Waals surface area contributed by atoms with Crippen LogP contribution in [0, 0.1) is 6.92 Å². The molecule has 2 N–H and O–H groups in total. The first-order chi connectivity index (χ1) is 12.6. The van der Waals surface area contributed by atoms with E-state index < -0.39 is 5.97 Å². The number of nitrogens with zero attached hydrogens (tertiary/aromatic N) is 1. The number of benzene rings is 2. The van der Waals surface area contributed by atoms with Gasteiger partial charge in [0.1, 0.15) is 5.56 Å². The van der Waals surface area contributed by atoms with Crippen LogP contribution in [0.4, 0.5) is 5.69 Å². The van der Waals surface area contributed by atoms with Gasteiger partial charge in [-0.15, -0.1) is 12.4 Å². The fraction of sp³-hybridized carbons (Fsp3) is 0.238. The summed E-state index contributed by atoms with van der Waals surface area (Å²) in [6, 6.07) is 12.1. The molecule has 1 aromatic heterocycles. The Bertz CT molecular complexity index is 1020. The van der Waals surface area contributed by atoms with E-state index in [0.29, 0.717) is 10.7 Å². The van der Waals surface area contributed by atoms with Crippen molar-refractivity contribution < 1.29 is 9.90 Å². The Kier molecular flexibility index (Phi) is 5.59. The maximum atomic E-state index is 11.8. The fourth-order valence-electron chi connectivity index (χ4n) is 3.78. The van der Waals surface area contributed by atoms with Crippen molar-refractivity contribution in [2.45, 2.75) is 32.2 Å². The van der Waals surface area contributed by atoms with E-state index in [1.165, 1.54) is 17.3 Å². The number of halogens is 2. The molecule has 2 aromatic carbocycles. The highest BCUT2D eigenvalue weighted by atomic mass is 35.5. The van der Waals surface area contributed by atoms with Crippen LogP contribution in [-0.4, -0.2) is 16.1 Å². The number of nitrogens with one attached hydrogen (secondary N) is 1. The van der Waals surface area contributed by atoms with Crippen LogP contribution >= 0.6 is 24.0 Å². The molecule has 4 rings (SSSR count). The van der Waals surface area contributed by atoms with Crippen LogP contribution in [0.2, 0.25) is 5.02 Å². The second kappa shape index (κ2) is 7.75. The van der Waals surface area contributed by atoms with E-state index in [1.54, 1.807) is 6.07 Å². The van der Waals surface area contributed by atoms with Gasteiger partial charge in [0.25, 0.3) is 0 Å². The summed E-state index contributed by atoms with van der Waals surface area (Å²) in [5, 5.41) is 14.6. The molecule has 1 aliphatic carbocycles. The van der Waals surface area contributed by atoms with Gasteiger partial charge < -0.3 is 10.4 Å². The molecule has 3 aromatic rings. The average molecular weight is 403 g/mol. The summed E-state index contributed by atoms with van der Waals surface area (Å²) >= 11 is 6.22. The van der Waals surface area contributed by atoms with Crippen molar-refractivity contribution >= 4 is 46.6 Å². The molecular formula is C21H20Cl2N2O2. The lowest BCUT2D eigenvalue weighted by Gasteiger charge is -2.28. The van der Waals surface area contributed by atoms with Crippen LogP contribution in [0.5, 0.6) is 0 Å². The minimum atomic E-state index is -0.987. The van der Waals surface area contributed by atoms with Crippen molar-refractivity contribution in [1.29, 1.82) is 0 Å². The molecule has 0 saturated carbocycles. The van der Waals surface area contributed by atoms with Crippen LogP contribution in [0.15, 0.2) is 42.6 Å². The topological polar surface area (TPSA) is 62.2 Å². The monoisotopic (exact) mass is 402 g/mol. The lowest BCUT2D eigenvalue weighted by Crippen LogP contribution is -2.19. The molecule has 0 aliphatic heterocycles. The number of carboxylic acid groups (broad SMARTS) is 1. The second-order valence-corrected chi connectivity index (χ2v) is 7.12. The summed E-state index contributed by atoms with van der Waals surface area (Å²) in [5.41, 5.74) is 4.95. The van der Waals surface area contributed by atoms with Crippen LogP contribution < -0.4 is 5.32 Å². The number of carbonyl (C=O) groups is 1. The number of hydrogen-bond acceptors (Lipinski definition) is 3. The summed E-state index contributed by atoms with van der Waals surface area (Å²) < 4.78 is 0. The van der Waals surface area contributed by atoms with Gasteiger partial charge in [-0.05, 0) is 55.0 Å². The van der Waals surface area contributed by atoms with Gasteiger partial charge in [-0.2, -0.15) is 0 Å². The molecule has 0 spiro atoms. The molecule has 4 nitrogen and oxygen atoms in total. The Labute approximate surface area is 169 Å². The third kappa shape index (κ3) is 3.47. The molecule has 0 bridgehead atoms. The van der Waals surface area contributed by atoms with Crippen LogP contribution in [0.1, 0.15) is 45.9 Å². The number of aromatic carboxylic acids is 1. The number of carboxylic acids is 1.